The lowest BCUT2D eigenvalue weighted by Crippen LogP contribution is -2.25. The van der Waals surface area contributed by atoms with E-state index in [1.165, 1.54) is 6.33 Å². The number of benzene rings is 2. The van der Waals surface area contributed by atoms with Gasteiger partial charge in [0, 0.05) is 12.6 Å². The van der Waals surface area contributed by atoms with Crippen LogP contribution in [0.25, 0.3) is 11.0 Å². The fourth-order valence-electron chi connectivity index (χ4n) is 2.98. The molecule has 0 unspecified atom stereocenters. The van der Waals surface area contributed by atoms with Gasteiger partial charge in [-0.25, -0.2) is 14.6 Å². The predicted molar refractivity (Wildman–Crippen MR) is 97.5 cm³/mol. The largest absolute Gasteiger partial charge is 0.345 e. The minimum absolute atomic E-state index is 0.132. The second kappa shape index (κ2) is 6.79. The van der Waals surface area contributed by atoms with Gasteiger partial charge in [-0.15, -0.1) is 0 Å². The molecule has 26 heavy (non-hydrogen) atoms. The number of carbonyl (C=O) groups excluding carboxylic acids is 1. The lowest BCUT2D eigenvalue weighted by molar-refractivity contribution is 0.0948. The highest BCUT2D eigenvalue weighted by Gasteiger charge is 2.13. The van der Waals surface area contributed by atoms with Crippen molar-refractivity contribution in [2.24, 2.45) is 7.05 Å². The molecule has 7 heteroatoms. The molecule has 0 bridgehead atoms. The molecule has 2 heterocycles. The number of rotatable bonds is 5. The second-order valence-corrected chi connectivity index (χ2v) is 6.01. The van der Waals surface area contributed by atoms with Gasteiger partial charge in [0.15, 0.2) is 0 Å². The summed E-state index contributed by atoms with van der Waals surface area (Å²) in [6.07, 6.45) is 3.11. The van der Waals surface area contributed by atoms with Crippen molar-refractivity contribution in [1.82, 2.24) is 29.6 Å². The third-order valence-corrected chi connectivity index (χ3v) is 4.35. The molecule has 4 rings (SSSR count). The molecule has 7 nitrogen and oxygen atoms in total. The van der Waals surface area contributed by atoms with Crippen LogP contribution in [0.15, 0.2) is 61.2 Å². The van der Waals surface area contributed by atoms with Crippen LogP contribution < -0.4 is 5.32 Å². The van der Waals surface area contributed by atoms with Gasteiger partial charge in [-0.3, -0.25) is 4.79 Å². The smallest absolute Gasteiger partial charge is 0.252 e. The molecule has 2 aromatic carbocycles. The number of carbonyl (C=O) groups is 1. The Kier molecular flexibility index (Phi) is 4.18. The van der Waals surface area contributed by atoms with Crippen LogP contribution in [0.5, 0.6) is 0 Å². The summed E-state index contributed by atoms with van der Waals surface area (Å²) in [6.45, 7) is 0.859. The molecular formula is C19H18N6O. The molecule has 0 spiro atoms. The summed E-state index contributed by atoms with van der Waals surface area (Å²) in [5.74, 6) is 0.682. The van der Waals surface area contributed by atoms with Gasteiger partial charge < -0.3 is 9.88 Å². The highest BCUT2D eigenvalue weighted by atomic mass is 16.1. The number of aryl methyl sites for hydroxylation is 1. The van der Waals surface area contributed by atoms with Gasteiger partial charge in [0.2, 0.25) is 0 Å². The first-order valence-corrected chi connectivity index (χ1v) is 8.31. The predicted octanol–water partition coefficient (Wildman–Crippen LogP) is 2.14. The zero-order valence-corrected chi connectivity index (χ0v) is 14.3. The molecular weight excluding hydrogens is 328 g/mol. The quantitative estimate of drug-likeness (QED) is 0.601. The van der Waals surface area contributed by atoms with Crippen LogP contribution in [0.2, 0.25) is 0 Å². The van der Waals surface area contributed by atoms with E-state index in [-0.39, 0.29) is 5.91 Å². The Balaban J connectivity index is 1.52. The molecule has 130 valence electrons. The summed E-state index contributed by atoms with van der Waals surface area (Å²) >= 11 is 0. The summed E-state index contributed by atoms with van der Waals surface area (Å²) in [5.41, 5.74) is 3.48. The third kappa shape index (κ3) is 3.06. The Bertz CT molecular complexity index is 1050. The lowest BCUT2D eigenvalue weighted by Gasteiger charge is -2.10. The Hall–Kier alpha value is -3.48. The maximum Gasteiger partial charge on any atom is 0.252 e. The maximum absolute atomic E-state index is 12.7. The normalized spacial score (nSPS) is 11.0. The zero-order chi connectivity index (χ0) is 17.9. The minimum Gasteiger partial charge on any atom is -0.345 e. The van der Waals surface area contributed by atoms with Crippen molar-refractivity contribution in [2.45, 2.75) is 13.1 Å². The SMILES string of the molecule is Cn1c(CNC(=O)c2ccccc2Cn2cncn2)nc2ccccc21. The van der Waals surface area contributed by atoms with E-state index in [9.17, 15) is 4.79 Å². The Morgan fingerprint density at radius 1 is 1.12 bits per heavy atom. The zero-order valence-electron chi connectivity index (χ0n) is 14.3. The summed E-state index contributed by atoms with van der Waals surface area (Å²) in [4.78, 5) is 21.2. The van der Waals surface area contributed by atoms with Crippen LogP contribution in [-0.2, 0) is 20.1 Å². The fourth-order valence-corrected chi connectivity index (χ4v) is 2.98. The number of para-hydroxylation sites is 2. The first kappa shape index (κ1) is 16.0. The average molecular weight is 346 g/mol. The molecule has 1 amide bonds. The Labute approximate surface area is 150 Å². The molecule has 1 N–H and O–H groups in total. The van der Waals surface area contributed by atoms with Crippen molar-refractivity contribution in [3.8, 4) is 0 Å². The van der Waals surface area contributed by atoms with E-state index in [1.807, 2.05) is 60.1 Å². The molecule has 0 saturated carbocycles. The first-order chi connectivity index (χ1) is 12.7. The van der Waals surface area contributed by atoms with Gasteiger partial charge in [0.05, 0.1) is 24.1 Å². The van der Waals surface area contributed by atoms with E-state index < -0.39 is 0 Å². The third-order valence-electron chi connectivity index (χ3n) is 4.35. The number of aromatic nitrogens is 5. The van der Waals surface area contributed by atoms with E-state index in [1.54, 1.807) is 11.0 Å². The standard InChI is InChI=1S/C19H18N6O/c1-24-17-9-5-4-8-16(17)23-18(24)10-21-19(26)15-7-3-2-6-14(15)11-25-13-20-12-22-25/h2-9,12-13H,10-11H2,1H3,(H,21,26). The van der Waals surface area contributed by atoms with Crippen molar-refractivity contribution < 1.29 is 4.79 Å². The van der Waals surface area contributed by atoms with E-state index in [0.717, 1.165) is 22.4 Å². The maximum atomic E-state index is 12.7. The average Bonchev–Trinajstić information content (AvgIpc) is 3.29. The van der Waals surface area contributed by atoms with Crippen LogP contribution in [0, 0.1) is 0 Å². The molecule has 0 atom stereocenters. The summed E-state index contributed by atoms with van der Waals surface area (Å²) < 4.78 is 3.69. The highest BCUT2D eigenvalue weighted by molar-refractivity contribution is 5.95. The number of nitrogens with one attached hydrogen (secondary N) is 1. The van der Waals surface area contributed by atoms with Crippen molar-refractivity contribution in [3.05, 3.63) is 78.1 Å². The van der Waals surface area contributed by atoms with Gasteiger partial charge in [-0.1, -0.05) is 30.3 Å². The lowest BCUT2D eigenvalue weighted by atomic mass is 10.1. The first-order valence-electron chi connectivity index (χ1n) is 8.31. The molecule has 0 radical (unpaired) electrons. The molecule has 2 aromatic heterocycles. The van der Waals surface area contributed by atoms with Gasteiger partial charge in [-0.2, -0.15) is 5.10 Å². The number of amides is 1. The minimum atomic E-state index is -0.132. The van der Waals surface area contributed by atoms with Crippen LogP contribution >= 0.6 is 0 Å². The van der Waals surface area contributed by atoms with Crippen molar-refractivity contribution in [1.29, 1.82) is 0 Å². The van der Waals surface area contributed by atoms with Crippen molar-refractivity contribution in [3.63, 3.8) is 0 Å². The van der Waals surface area contributed by atoms with E-state index in [0.29, 0.717) is 18.7 Å². The van der Waals surface area contributed by atoms with Crippen LogP contribution in [0.3, 0.4) is 0 Å². The Morgan fingerprint density at radius 2 is 1.92 bits per heavy atom. The van der Waals surface area contributed by atoms with E-state index >= 15 is 0 Å². The van der Waals surface area contributed by atoms with Crippen LogP contribution in [0.4, 0.5) is 0 Å². The monoisotopic (exact) mass is 346 g/mol. The van der Waals surface area contributed by atoms with E-state index in [2.05, 4.69) is 20.4 Å². The fraction of sp³-hybridized carbons (Fsp3) is 0.158. The van der Waals surface area contributed by atoms with Gasteiger partial charge >= 0.3 is 0 Å². The highest BCUT2D eigenvalue weighted by Crippen LogP contribution is 2.15. The van der Waals surface area contributed by atoms with Crippen molar-refractivity contribution >= 4 is 16.9 Å². The molecule has 0 saturated heterocycles. The number of imidazole rings is 1. The van der Waals surface area contributed by atoms with Gasteiger partial charge in [0.1, 0.15) is 18.5 Å². The molecule has 0 aliphatic heterocycles. The van der Waals surface area contributed by atoms with Crippen LogP contribution in [0.1, 0.15) is 21.7 Å². The second-order valence-electron chi connectivity index (χ2n) is 6.01. The van der Waals surface area contributed by atoms with E-state index in [4.69, 9.17) is 0 Å². The number of nitrogens with zero attached hydrogens (tertiary/aromatic N) is 5. The van der Waals surface area contributed by atoms with Crippen molar-refractivity contribution in [2.75, 3.05) is 0 Å². The molecule has 4 aromatic rings. The van der Waals surface area contributed by atoms with Gasteiger partial charge in [0.25, 0.3) is 5.91 Å². The number of hydrogen-bond acceptors (Lipinski definition) is 4. The summed E-state index contributed by atoms with van der Waals surface area (Å²) in [7, 11) is 1.95. The molecule has 0 fully saturated rings. The van der Waals surface area contributed by atoms with Gasteiger partial charge in [-0.05, 0) is 23.8 Å². The Morgan fingerprint density at radius 3 is 2.73 bits per heavy atom. The number of fused-ring (bicyclic) bond motifs is 1. The number of hydrogen-bond donors (Lipinski definition) is 1. The summed E-state index contributed by atoms with van der Waals surface area (Å²) in [5, 5.41) is 7.07. The molecule has 0 aliphatic carbocycles. The van der Waals surface area contributed by atoms with Crippen LogP contribution in [-0.4, -0.2) is 30.2 Å². The molecule has 0 aliphatic rings. The summed E-state index contributed by atoms with van der Waals surface area (Å²) in [6, 6.07) is 15.4. The topological polar surface area (TPSA) is 77.6 Å².